The van der Waals surface area contributed by atoms with Gasteiger partial charge in [0.2, 0.25) is 5.91 Å². The third-order valence-corrected chi connectivity index (χ3v) is 4.23. The number of carbonyl (C=O) groups excluding carboxylic acids is 1. The van der Waals surface area contributed by atoms with E-state index >= 15 is 0 Å². The minimum absolute atomic E-state index is 0.0572. The number of hydrogen-bond acceptors (Lipinski definition) is 2. The fraction of sp³-hybridized carbons (Fsp3) is 0.846. The van der Waals surface area contributed by atoms with Gasteiger partial charge in [0.15, 0.2) is 0 Å². The van der Waals surface area contributed by atoms with Crippen LogP contribution < -0.4 is 0 Å². The van der Waals surface area contributed by atoms with Gasteiger partial charge in [0.25, 0.3) is 0 Å². The van der Waals surface area contributed by atoms with Gasteiger partial charge in [0, 0.05) is 19.0 Å². The Morgan fingerprint density at radius 3 is 2.29 bits per heavy atom. The fourth-order valence-corrected chi connectivity index (χ4v) is 3.22. The molecule has 0 aromatic rings. The van der Waals surface area contributed by atoms with Gasteiger partial charge in [0.05, 0.1) is 6.42 Å². The number of fused-ring (bicyclic) bond motifs is 1. The van der Waals surface area contributed by atoms with Gasteiger partial charge in [-0.3, -0.25) is 9.59 Å². The standard InChI is InChI=1S/C13H21NO3/c1-2-14(8-7-11(15)16)13(17)12-9-5-3-4-6-10(9)12/h9-10,12H,2-8H2,1H3,(H,15,16). The van der Waals surface area contributed by atoms with Crippen LogP contribution in [0, 0.1) is 17.8 Å². The number of carboxylic acids is 1. The van der Waals surface area contributed by atoms with Crippen molar-refractivity contribution in [1.82, 2.24) is 4.90 Å². The Bertz CT molecular complexity index is 304. The second kappa shape index (κ2) is 5.07. The van der Waals surface area contributed by atoms with Crippen LogP contribution in [0.3, 0.4) is 0 Å². The maximum absolute atomic E-state index is 12.2. The topological polar surface area (TPSA) is 57.6 Å². The molecule has 0 bridgehead atoms. The van der Waals surface area contributed by atoms with Crippen molar-refractivity contribution in [2.24, 2.45) is 17.8 Å². The van der Waals surface area contributed by atoms with E-state index in [1.54, 1.807) is 4.90 Å². The van der Waals surface area contributed by atoms with Gasteiger partial charge in [-0.1, -0.05) is 12.8 Å². The highest BCUT2D eigenvalue weighted by molar-refractivity contribution is 5.82. The second-order valence-electron chi connectivity index (χ2n) is 5.20. The van der Waals surface area contributed by atoms with E-state index in [0.717, 1.165) is 0 Å². The van der Waals surface area contributed by atoms with Crippen molar-refractivity contribution in [3.05, 3.63) is 0 Å². The molecular weight excluding hydrogens is 218 g/mol. The van der Waals surface area contributed by atoms with Crippen LogP contribution in [-0.2, 0) is 9.59 Å². The van der Waals surface area contributed by atoms with Crippen LogP contribution in [0.1, 0.15) is 39.0 Å². The van der Waals surface area contributed by atoms with Gasteiger partial charge < -0.3 is 10.0 Å². The zero-order valence-corrected chi connectivity index (χ0v) is 10.4. The van der Waals surface area contributed by atoms with Gasteiger partial charge in [0.1, 0.15) is 0 Å². The largest absolute Gasteiger partial charge is 0.481 e. The number of amides is 1. The first-order valence-electron chi connectivity index (χ1n) is 6.65. The Morgan fingerprint density at radius 2 is 1.82 bits per heavy atom. The van der Waals surface area contributed by atoms with E-state index in [-0.39, 0.29) is 18.2 Å². The molecule has 1 N–H and O–H groups in total. The molecule has 0 aliphatic heterocycles. The average molecular weight is 239 g/mol. The van der Waals surface area contributed by atoms with Crippen molar-refractivity contribution >= 4 is 11.9 Å². The monoisotopic (exact) mass is 239 g/mol. The molecule has 96 valence electrons. The number of rotatable bonds is 5. The first-order chi connectivity index (χ1) is 8.15. The molecule has 0 heterocycles. The Balaban J connectivity index is 1.87. The van der Waals surface area contributed by atoms with E-state index in [4.69, 9.17) is 5.11 Å². The molecule has 2 rings (SSSR count). The first kappa shape index (κ1) is 12.4. The van der Waals surface area contributed by atoms with Crippen LogP contribution in [0.25, 0.3) is 0 Å². The molecule has 1 amide bonds. The van der Waals surface area contributed by atoms with E-state index in [1.165, 1.54) is 25.7 Å². The predicted molar refractivity (Wildman–Crippen MR) is 63.4 cm³/mol. The summed E-state index contributed by atoms with van der Waals surface area (Å²) >= 11 is 0. The molecule has 2 unspecified atom stereocenters. The third-order valence-electron chi connectivity index (χ3n) is 4.23. The lowest BCUT2D eigenvalue weighted by Gasteiger charge is -2.20. The summed E-state index contributed by atoms with van der Waals surface area (Å²) in [5, 5.41) is 8.66. The number of nitrogens with zero attached hydrogens (tertiary/aromatic N) is 1. The summed E-state index contributed by atoms with van der Waals surface area (Å²) in [4.78, 5) is 24.5. The normalized spacial score (nSPS) is 30.5. The summed E-state index contributed by atoms with van der Waals surface area (Å²) in [6.45, 7) is 2.91. The van der Waals surface area contributed by atoms with E-state index in [2.05, 4.69) is 0 Å². The molecule has 2 aliphatic carbocycles. The smallest absolute Gasteiger partial charge is 0.305 e. The van der Waals surface area contributed by atoms with Crippen LogP contribution >= 0.6 is 0 Å². The Morgan fingerprint density at radius 1 is 1.24 bits per heavy atom. The molecule has 0 aromatic heterocycles. The summed E-state index contributed by atoms with van der Waals surface area (Å²) < 4.78 is 0. The zero-order valence-electron chi connectivity index (χ0n) is 10.4. The highest BCUT2D eigenvalue weighted by atomic mass is 16.4. The summed E-state index contributed by atoms with van der Waals surface area (Å²) in [6.07, 6.45) is 4.95. The van der Waals surface area contributed by atoms with Gasteiger partial charge in [-0.15, -0.1) is 0 Å². The maximum atomic E-state index is 12.2. The van der Waals surface area contributed by atoms with Gasteiger partial charge >= 0.3 is 5.97 Å². The van der Waals surface area contributed by atoms with Crippen molar-refractivity contribution in [3.8, 4) is 0 Å². The maximum Gasteiger partial charge on any atom is 0.305 e. The van der Waals surface area contributed by atoms with Crippen LogP contribution in [0.5, 0.6) is 0 Å². The van der Waals surface area contributed by atoms with Gasteiger partial charge in [-0.05, 0) is 31.6 Å². The molecule has 0 saturated heterocycles. The predicted octanol–water partition coefficient (Wildman–Crippen LogP) is 1.75. The molecule has 2 saturated carbocycles. The molecule has 2 aliphatic rings. The highest BCUT2D eigenvalue weighted by Gasteiger charge is 2.55. The molecule has 2 atom stereocenters. The molecule has 4 nitrogen and oxygen atoms in total. The number of hydrogen-bond donors (Lipinski definition) is 1. The molecule has 17 heavy (non-hydrogen) atoms. The van der Waals surface area contributed by atoms with Gasteiger partial charge in [-0.25, -0.2) is 0 Å². The highest BCUT2D eigenvalue weighted by Crippen LogP contribution is 2.56. The zero-order chi connectivity index (χ0) is 12.4. The number of carboxylic acid groups (broad SMARTS) is 1. The van der Waals surface area contributed by atoms with E-state index in [0.29, 0.717) is 24.9 Å². The van der Waals surface area contributed by atoms with Crippen LogP contribution in [0.15, 0.2) is 0 Å². The lowest BCUT2D eigenvalue weighted by Crippen LogP contribution is -2.34. The lowest BCUT2D eigenvalue weighted by molar-refractivity contribution is -0.138. The minimum atomic E-state index is -0.829. The SMILES string of the molecule is CCN(CCC(=O)O)C(=O)C1C2CCCCC21. The van der Waals surface area contributed by atoms with Crippen molar-refractivity contribution in [2.75, 3.05) is 13.1 Å². The summed E-state index contributed by atoms with van der Waals surface area (Å²) in [7, 11) is 0. The van der Waals surface area contributed by atoms with E-state index in [9.17, 15) is 9.59 Å². The molecular formula is C13H21NO3. The number of carbonyl (C=O) groups is 2. The molecule has 0 radical (unpaired) electrons. The van der Waals surface area contributed by atoms with E-state index in [1.807, 2.05) is 6.92 Å². The average Bonchev–Trinajstić information content (AvgIpc) is 3.03. The first-order valence-corrected chi connectivity index (χ1v) is 6.65. The quantitative estimate of drug-likeness (QED) is 0.795. The molecule has 2 fully saturated rings. The summed E-state index contributed by atoms with van der Waals surface area (Å²) in [5.74, 6) is 0.798. The summed E-state index contributed by atoms with van der Waals surface area (Å²) in [6, 6.07) is 0. The van der Waals surface area contributed by atoms with Crippen molar-refractivity contribution < 1.29 is 14.7 Å². The molecule has 0 aromatic carbocycles. The summed E-state index contributed by atoms with van der Waals surface area (Å²) in [5.41, 5.74) is 0. The second-order valence-corrected chi connectivity index (χ2v) is 5.20. The lowest BCUT2D eigenvalue weighted by atomic mass is 10.0. The Kier molecular flexibility index (Phi) is 3.69. The van der Waals surface area contributed by atoms with Crippen molar-refractivity contribution in [2.45, 2.75) is 39.0 Å². The minimum Gasteiger partial charge on any atom is -0.481 e. The van der Waals surface area contributed by atoms with E-state index < -0.39 is 5.97 Å². The van der Waals surface area contributed by atoms with Crippen LogP contribution in [0.4, 0.5) is 0 Å². The van der Waals surface area contributed by atoms with Crippen LogP contribution in [0.2, 0.25) is 0 Å². The van der Waals surface area contributed by atoms with Crippen LogP contribution in [-0.4, -0.2) is 35.0 Å². The molecule has 4 heteroatoms. The molecule has 0 spiro atoms. The Hall–Kier alpha value is -1.06. The van der Waals surface area contributed by atoms with Crippen molar-refractivity contribution in [1.29, 1.82) is 0 Å². The Labute approximate surface area is 102 Å². The third kappa shape index (κ3) is 2.61. The fourth-order valence-electron chi connectivity index (χ4n) is 3.22. The van der Waals surface area contributed by atoms with Gasteiger partial charge in [-0.2, -0.15) is 0 Å². The number of aliphatic carboxylic acids is 1. The van der Waals surface area contributed by atoms with Crippen molar-refractivity contribution in [3.63, 3.8) is 0 Å².